The molecule has 0 aliphatic carbocycles. The Morgan fingerprint density at radius 3 is 2.14 bits per heavy atom. The van der Waals surface area contributed by atoms with E-state index in [9.17, 15) is 18.0 Å². The Kier molecular flexibility index (Phi) is 4.58. The van der Waals surface area contributed by atoms with Crippen LogP contribution in [-0.4, -0.2) is 37.5 Å². The molecule has 0 aromatic rings. The van der Waals surface area contributed by atoms with Gasteiger partial charge in [0.05, 0.1) is 6.42 Å². The number of nitrogens with zero attached hydrogens (tertiary/aromatic N) is 1. The smallest absolute Gasteiger partial charge is 0.305 e. The van der Waals surface area contributed by atoms with Crippen molar-refractivity contribution >= 4 is 6.29 Å². The van der Waals surface area contributed by atoms with E-state index in [1.54, 1.807) is 20.9 Å². The van der Waals surface area contributed by atoms with Crippen molar-refractivity contribution in [2.24, 2.45) is 5.41 Å². The van der Waals surface area contributed by atoms with Crippen LogP contribution < -0.4 is 0 Å². The van der Waals surface area contributed by atoms with Crippen LogP contribution in [0.3, 0.4) is 0 Å². The minimum Gasteiger partial charge on any atom is -0.305 e. The first-order valence-electron chi connectivity index (χ1n) is 4.38. The molecule has 2 nitrogen and oxygen atoms in total. The summed E-state index contributed by atoms with van der Waals surface area (Å²) >= 11 is 0. The van der Waals surface area contributed by atoms with Crippen LogP contribution in [0, 0.1) is 5.41 Å². The fraction of sp³-hybridized carbons (Fsp3) is 0.889. The van der Waals surface area contributed by atoms with E-state index >= 15 is 0 Å². The van der Waals surface area contributed by atoms with Crippen LogP contribution in [0.1, 0.15) is 20.3 Å². The molecule has 14 heavy (non-hydrogen) atoms. The Balaban J connectivity index is 3.88. The molecule has 0 bridgehead atoms. The van der Waals surface area contributed by atoms with Gasteiger partial charge >= 0.3 is 6.18 Å². The number of carbonyl (C=O) groups is 1. The first kappa shape index (κ1) is 13.4. The van der Waals surface area contributed by atoms with E-state index in [0.717, 1.165) is 6.29 Å². The average molecular weight is 211 g/mol. The Labute approximate surface area is 82.1 Å². The lowest BCUT2D eigenvalue weighted by Gasteiger charge is -2.25. The molecule has 0 spiro atoms. The van der Waals surface area contributed by atoms with Gasteiger partial charge in [-0.25, -0.2) is 0 Å². The van der Waals surface area contributed by atoms with Gasteiger partial charge in [0.1, 0.15) is 6.29 Å². The standard InChI is InChI=1S/C9H16F3NO/c1-8(2,7-14)6-13(3)5-4-9(10,11)12/h7H,4-6H2,1-3H3. The SMILES string of the molecule is CN(CCC(F)(F)F)CC(C)(C)C=O. The third-order valence-electron chi connectivity index (χ3n) is 1.77. The monoisotopic (exact) mass is 211 g/mol. The normalized spacial score (nSPS) is 13.4. The van der Waals surface area contributed by atoms with Gasteiger partial charge in [-0.05, 0) is 7.05 Å². The second-order valence-electron chi connectivity index (χ2n) is 4.21. The highest BCUT2D eigenvalue weighted by molar-refractivity contribution is 5.58. The van der Waals surface area contributed by atoms with E-state index in [0.29, 0.717) is 6.54 Å². The third-order valence-corrected chi connectivity index (χ3v) is 1.77. The van der Waals surface area contributed by atoms with Gasteiger partial charge in [-0.3, -0.25) is 0 Å². The molecule has 84 valence electrons. The van der Waals surface area contributed by atoms with Gasteiger partial charge < -0.3 is 9.69 Å². The summed E-state index contributed by atoms with van der Waals surface area (Å²) in [6, 6.07) is 0. The molecular formula is C9H16F3NO. The lowest BCUT2D eigenvalue weighted by molar-refractivity contribution is -0.138. The van der Waals surface area contributed by atoms with Crippen LogP contribution in [-0.2, 0) is 4.79 Å². The summed E-state index contributed by atoms with van der Waals surface area (Å²) in [5.41, 5.74) is -0.583. The zero-order valence-corrected chi connectivity index (χ0v) is 8.69. The third kappa shape index (κ3) is 6.88. The van der Waals surface area contributed by atoms with E-state index < -0.39 is 18.0 Å². The van der Waals surface area contributed by atoms with Crippen LogP contribution in [0.25, 0.3) is 0 Å². The number of halogens is 3. The highest BCUT2D eigenvalue weighted by Crippen LogP contribution is 2.20. The van der Waals surface area contributed by atoms with E-state index in [4.69, 9.17) is 0 Å². The van der Waals surface area contributed by atoms with E-state index in [1.807, 2.05) is 0 Å². The predicted molar refractivity (Wildman–Crippen MR) is 48.0 cm³/mol. The van der Waals surface area contributed by atoms with Crippen molar-refractivity contribution in [2.75, 3.05) is 20.1 Å². The van der Waals surface area contributed by atoms with Crippen molar-refractivity contribution in [2.45, 2.75) is 26.4 Å². The van der Waals surface area contributed by atoms with E-state index in [1.165, 1.54) is 4.90 Å². The molecule has 0 aromatic carbocycles. The fourth-order valence-electron chi connectivity index (χ4n) is 1.13. The van der Waals surface area contributed by atoms with Crippen molar-refractivity contribution < 1.29 is 18.0 Å². The fourth-order valence-corrected chi connectivity index (χ4v) is 1.13. The van der Waals surface area contributed by atoms with Gasteiger partial charge in [0.25, 0.3) is 0 Å². The molecule has 0 heterocycles. The maximum absolute atomic E-state index is 11.8. The number of carbonyl (C=O) groups excluding carboxylic acids is 1. The van der Waals surface area contributed by atoms with Crippen molar-refractivity contribution in [3.63, 3.8) is 0 Å². The molecule has 0 rings (SSSR count). The zero-order chi connectivity index (χ0) is 11.4. The lowest BCUT2D eigenvalue weighted by Crippen LogP contribution is -2.34. The minimum absolute atomic E-state index is 0.0687. The van der Waals surface area contributed by atoms with Crippen LogP contribution in [0.4, 0.5) is 13.2 Å². The molecule has 0 saturated heterocycles. The molecular weight excluding hydrogens is 195 g/mol. The highest BCUT2D eigenvalue weighted by Gasteiger charge is 2.28. The van der Waals surface area contributed by atoms with Crippen molar-refractivity contribution in [3.8, 4) is 0 Å². The summed E-state index contributed by atoms with van der Waals surface area (Å²) in [4.78, 5) is 12.0. The van der Waals surface area contributed by atoms with Crippen LogP contribution in [0.5, 0.6) is 0 Å². The predicted octanol–water partition coefficient (Wildman–Crippen LogP) is 2.10. The first-order chi connectivity index (χ1) is 6.16. The van der Waals surface area contributed by atoms with Crippen LogP contribution >= 0.6 is 0 Å². The Morgan fingerprint density at radius 2 is 1.79 bits per heavy atom. The summed E-state index contributed by atoms with van der Waals surface area (Å²) in [7, 11) is 1.58. The summed E-state index contributed by atoms with van der Waals surface area (Å²) in [6.07, 6.45) is -4.20. The molecule has 0 aliphatic heterocycles. The first-order valence-corrected chi connectivity index (χ1v) is 4.38. The Morgan fingerprint density at radius 1 is 1.29 bits per heavy atom. The van der Waals surface area contributed by atoms with E-state index in [2.05, 4.69) is 0 Å². The van der Waals surface area contributed by atoms with Crippen LogP contribution in [0.15, 0.2) is 0 Å². The second-order valence-corrected chi connectivity index (χ2v) is 4.21. The van der Waals surface area contributed by atoms with Gasteiger partial charge in [0.2, 0.25) is 0 Å². The molecule has 0 fully saturated rings. The molecule has 0 N–H and O–H groups in total. The quantitative estimate of drug-likeness (QED) is 0.649. The number of hydrogen-bond acceptors (Lipinski definition) is 2. The molecule has 0 radical (unpaired) electrons. The van der Waals surface area contributed by atoms with Gasteiger partial charge in [0, 0.05) is 18.5 Å². The molecule has 0 saturated carbocycles. The largest absolute Gasteiger partial charge is 0.390 e. The Bertz CT molecular complexity index is 189. The van der Waals surface area contributed by atoms with E-state index in [-0.39, 0.29) is 6.54 Å². The minimum atomic E-state index is -4.13. The average Bonchev–Trinajstić information content (AvgIpc) is 1.99. The van der Waals surface area contributed by atoms with Gasteiger partial charge in [-0.2, -0.15) is 13.2 Å². The Hall–Kier alpha value is -0.580. The highest BCUT2D eigenvalue weighted by atomic mass is 19.4. The van der Waals surface area contributed by atoms with Crippen molar-refractivity contribution in [3.05, 3.63) is 0 Å². The molecule has 0 atom stereocenters. The summed E-state index contributed by atoms with van der Waals surface area (Å²) < 4.78 is 35.5. The topological polar surface area (TPSA) is 20.3 Å². The van der Waals surface area contributed by atoms with Crippen molar-refractivity contribution in [1.29, 1.82) is 0 Å². The number of hydrogen-bond donors (Lipinski definition) is 0. The molecule has 5 heteroatoms. The van der Waals surface area contributed by atoms with Gasteiger partial charge in [-0.15, -0.1) is 0 Å². The van der Waals surface area contributed by atoms with Gasteiger partial charge in [0.15, 0.2) is 0 Å². The zero-order valence-electron chi connectivity index (χ0n) is 8.69. The van der Waals surface area contributed by atoms with Gasteiger partial charge in [-0.1, -0.05) is 13.8 Å². The molecule has 0 aromatic heterocycles. The summed E-state index contributed by atoms with van der Waals surface area (Å²) in [5.74, 6) is 0. The molecule has 0 aliphatic rings. The maximum atomic E-state index is 11.8. The summed E-state index contributed by atoms with van der Waals surface area (Å²) in [6.45, 7) is 3.67. The lowest BCUT2D eigenvalue weighted by atomic mass is 9.95. The van der Waals surface area contributed by atoms with Crippen molar-refractivity contribution in [1.82, 2.24) is 4.90 Å². The number of alkyl halides is 3. The number of rotatable bonds is 5. The molecule has 0 amide bonds. The molecule has 0 unspecified atom stereocenters. The number of aldehydes is 1. The second kappa shape index (κ2) is 4.77. The van der Waals surface area contributed by atoms with Crippen LogP contribution in [0.2, 0.25) is 0 Å². The summed E-state index contributed by atoms with van der Waals surface area (Å²) in [5, 5.41) is 0. The maximum Gasteiger partial charge on any atom is 0.390 e.